The van der Waals surface area contributed by atoms with Crippen LogP contribution in [0, 0.1) is 11.7 Å². The Morgan fingerprint density at radius 3 is 2.62 bits per heavy atom. The molecule has 2 amide bonds. The van der Waals surface area contributed by atoms with Gasteiger partial charge in [-0.25, -0.2) is 14.2 Å². The number of aromatic nitrogens is 1. The standard InChI is InChI=1S/C18H21FN4O/c19-15-5-1-2-6-16(15)22-18(24)21-13-14-8-11-23(12-9-14)17-7-3-4-10-20-17/h1-7,10,14H,8-9,11-13H2,(H2,21,22,24). The largest absolute Gasteiger partial charge is 0.357 e. The summed E-state index contributed by atoms with van der Waals surface area (Å²) in [6, 6.07) is 11.7. The van der Waals surface area contributed by atoms with E-state index in [0.717, 1.165) is 31.7 Å². The molecule has 1 aliphatic rings. The van der Waals surface area contributed by atoms with Crippen LogP contribution in [-0.2, 0) is 0 Å². The van der Waals surface area contributed by atoms with Crippen molar-refractivity contribution in [3.05, 3.63) is 54.5 Å². The maximum absolute atomic E-state index is 13.5. The first-order valence-corrected chi connectivity index (χ1v) is 8.18. The molecule has 1 aromatic carbocycles. The van der Waals surface area contributed by atoms with Gasteiger partial charge in [0.15, 0.2) is 0 Å². The van der Waals surface area contributed by atoms with E-state index < -0.39 is 5.82 Å². The molecule has 2 aromatic rings. The molecule has 0 unspecified atom stereocenters. The Kier molecular flexibility index (Phi) is 5.25. The third-order valence-electron chi connectivity index (χ3n) is 4.26. The van der Waals surface area contributed by atoms with Crippen LogP contribution >= 0.6 is 0 Å². The van der Waals surface area contributed by atoms with Crippen LogP contribution in [-0.4, -0.2) is 30.6 Å². The zero-order valence-electron chi connectivity index (χ0n) is 13.4. The number of carbonyl (C=O) groups excluding carboxylic acids is 1. The fourth-order valence-electron chi connectivity index (χ4n) is 2.87. The highest BCUT2D eigenvalue weighted by molar-refractivity contribution is 5.89. The maximum atomic E-state index is 13.5. The molecule has 1 saturated heterocycles. The van der Waals surface area contributed by atoms with E-state index in [4.69, 9.17) is 0 Å². The molecule has 3 rings (SSSR count). The number of halogens is 1. The van der Waals surface area contributed by atoms with Crippen LogP contribution in [0.4, 0.5) is 20.7 Å². The van der Waals surface area contributed by atoms with E-state index in [1.54, 1.807) is 24.4 Å². The van der Waals surface area contributed by atoms with Crippen molar-refractivity contribution >= 4 is 17.5 Å². The van der Waals surface area contributed by atoms with E-state index >= 15 is 0 Å². The van der Waals surface area contributed by atoms with Crippen molar-refractivity contribution in [2.24, 2.45) is 5.92 Å². The van der Waals surface area contributed by atoms with Gasteiger partial charge < -0.3 is 15.5 Å². The quantitative estimate of drug-likeness (QED) is 0.906. The molecule has 0 radical (unpaired) electrons. The zero-order chi connectivity index (χ0) is 16.8. The van der Waals surface area contributed by atoms with Gasteiger partial charge in [-0.1, -0.05) is 18.2 Å². The van der Waals surface area contributed by atoms with E-state index in [0.29, 0.717) is 12.5 Å². The highest BCUT2D eigenvalue weighted by atomic mass is 19.1. The van der Waals surface area contributed by atoms with Gasteiger partial charge in [0.25, 0.3) is 0 Å². The molecule has 24 heavy (non-hydrogen) atoms. The summed E-state index contributed by atoms with van der Waals surface area (Å²) in [5.74, 6) is 0.994. The van der Waals surface area contributed by atoms with Crippen molar-refractivity contribution in [1.29, 1.82) is 0 Å². The van der Waals surface area contributed by atoms with Crippen LogP contribution in [0.2, 0.25) is 0 Å². The topological polar surface area (TPSA) is 57.3 Å². The molecule has 0 atom stereocenters. The van der Waals surface area contributed by atoms with E-state index in [-0.39, 0.29) is 11.7 Å². The number of piperidine rings is 1. The molecule has 1 aromatic heterocycles. The lowest BCUT2D eigenvalue weighted by molar-refractivity contribution is 0.248. The maximum Gasteiger partial charge on any atom is 0.319 e. The predicted molar refractivity (Wildman–Crippen MR) is 92.6 cm³/mol. The second kappa shape index (κ2) is 7.77. The van der Waals surface area contributed by atoms with Gasteiger partial charge in [0.05, 0.1) is 5.69 Å². The van der Waals surface area contributed by atoms with Gasteiger partial charge >= 0.3 is 6.03 Å². The highest BCUT2D eigenvalue weighted by Crippen LogP contribution is 2.21. The van der Waals surface area contributed by atoms with Crippen LogP contribution < -0.4 is 15.5 Å². The summed E-state index contributed by atoms with van der Waals surface area (Å²) in [4.78, 5) is 18.5. The Labute approximate surface area is 140 Å². The molecule has 2 heterocycles. The van der Waals surface area contributed by atoms with Gasteiger partial charge in [-0.2, -0.15) is 0 Å². The van der Waals surface area contributed by atoms with Crippen molar-refractivity contribution in [2.75, 3.05) is 29.9 Å². The third-order valence-corrected chi connectivity index (χ3v) is 4.26. The average molecular weight is 328 g/mol. The number of pyridine rings is 1. The lowest BCUT2D eigenvalue weighted by Crippen LogP contribution is -2.40. The van der Waals surface area contributed by atoms with Crippen molar-refractivity contribution in [3.8, 4) is 0 Å². The first-order chi connectivity index (χ1) is 11.7. The zero-order valence-corrected chi connectivity index (χ0v) is 13.4. The number of amides is 2. The fraction of sp³-hybridized carbons (Fsp3) is 0.333. The average Bonchev–Trinajstić information content (AvgIpc) is 2.63. The molecular weight excluding hydrogens is 307 g/mol. The first kappa shape index (κ1) is 16.2. The number of benzene rings is 1. The van der Waals surface area contributed by atoms with Gasteiger partial charge in [-0.05, 0) is 43.0 Å². The molecule has 0 bridgehead atoms. The van der Waals surface area contributed by atoms with Crippen LogP contribution in [0.3, 0.4) is 0 Å². The second-order valence-electron chi connectivity index (χ2n) is 5.93. The minimum Gasteiger partial charge on any atom is -0.357 e. The van der Waals surface area contributed by atoms with Crippen LogP contribution in [0.25, 0.3) is 0 Å². The summed E-state index contributed by atoms with van der Waals surface area (Å²) in [6.07, 6.45) is 3.79. The Balaban J connectivity index is 1.42. The molecule has 126 valence electrons. The molecular formula is C18H21FN4O. The third kappa shape index (κ3) is 4.22. The number of anilines is 2. The number of hydrogen-bond donors (Lipinski definition) is 2. The Morgan fingerprint density at radius 1 is 1.17 bits per heavy atom. The SMILES string of the molecule is O=C(NCC1CCN(c2ccccn2)CC1)Nc1ccccc1F. The second-order valence-corrected chi connectivity index (χ2v) is 5.93. The minimum absolute atomic E-state index is 0.194. The Bertz CT molecular complexity index is 672. The predicted octanol–water partition coefficient (Wildman–Crippen LogP) is 3.26. The highest BCUT2D eigenvalue weighted by Gasteiger charge is 2.20. The van der Waals surface area contributed by atoms with Crippen LogP contribution in [0.15, 0.2) is 48.7 Å². The molecule has 6 heteroatoms. The number of carbonyl (C=O) groups is 1. The summed E-state index contributed by atoms with van der Waals surface area (Å²) in [7, 11) is 0. The summed E-state index contributed by atoms with van der Waals surface area (Å²) >= 11 is 0. The van der Waals surface area contributed by atoms with E-state index in [9.17, 15) is 9.18 Å². The molecule has 0 saturated carbocycles. The summed E-state index contributed by atoms with van der Waals surface area (Å²) in [5.41, 5.74) is 0.194. The molecule has 0 aliphatic carbocycles. The Morgan fingerprint density at radius 2 is 1.92 bits per heavy atom. The first-order valence-electron chi connectivity index (χ1n) is 8.18. The number of hydrogen-bond acceptors (Lipinski definition) is 3. The van der Waals surface area contributed by atoms with Gasteiger partial charge in [-0.3, -0.25) is 0 Å². The van der Waals surface area contributed by atoms with Gasteiger partial charge in [0.1, 0.15) is 11.6 Å². The summed E-state index contributed by atoms with van der Waals surface area (Å²) in [5, 5.41) is 5.37. The van der Waals surface area contributed by atoms with Crippen LogP contribution in [0.1, 0.15) is 12.8 Å². The molecule has 1 aliphatic heterocycles. The van der Waals surface area contributed by atoms with E-state index in [1.165, 1.54) is 6.07 Å². The number of nitrogens with one attached hydrogen (secondary N) is 2. The molecule has 5 nitrogen and oxygen atoms in total. The van der Waals surface area contributed by atoms with Crippen molar-refractivity contribution in [3.63, 3.8) is 0 Å². The lowest BCUT2D eigenvalue weighted by Gasteiger charge is -2.32. The number of rotatable bonds is 4. The number of para-hydroxylation sites is 1. The monoisotopic (exact) mass is 328 g/mol. The molecule has 2 N–H and O–H groups in total. The van der Waals surface area contributed by atoms with E-state index in [2.05, 4.69) is 20.5 Å². The van der Waals surface area contributed by atoms with Crippen molar-refractivity contribution in [2.45, 2.75) is 12.8 Å². The Hall–Kier alpha value is -2.63. The number of urea groups is 1. The number of nitrogens with zero attached hydrogens (tertiary/aromatic N) is 2. The van der Waals surface area contributed by atoms with Gasteiger partial charge in [0, 0.05) is 25.8 Å². The van der Waals surface area contributed by atoms with E-state index in [1.807, 2.05) is 18.2 Å². The molecule has 0 spiro atoms. The lowest BCUT2D eigenvalue weighted by atomic mass is 9.97. The van der Waals surface area contributed by atoms with Crippen molar-refractivity contribution in [1.82, 2.24) is 10.3 Å². The van der Waals surface area contributed by atoms with Crippen LogP contribution in [0.5, 0.6) is 0 Å². The fourth-order valence-corrected chi connectivity index (χ4v) is 2.87. The van der Waals surface area contributed by atoms with Gasteiger partial charge in [-0.15, -0.1) is 0 Å². The minimum atomic E-state index is -0.434. The smallest absolute Gasteiger partial charge is 0.319 e. The normalized spacial score (nSPS) is 15.1. The van der Waals surface area contributed by atoms with Crippen molar-refractivity contribution < 1.29 is 9.18 Å². The van der Waals surface area contributed by atoms with Gasteiger partial charge in [0.2, 0.25) is 0 Å². The summed E-state index contributed by atoms with van der Waals surface area (Å²) < 4.78 is 13.5. The summed E-state index contributed by atoms with van der Waals surface area (Å²) in [6.45, 7) is 2.45. The molecule has 1 fully saturated rings.